The predicted molar refractivity (Wildman–Crippen MR) is 85.7 cm³/mol. The highest BCUT2D eigenvalue weighted by Gasteiger charge is 2.14. The number of rotatable bonds is 7. The minimum absolute atomic E-state index is 0.188. The topological polar surface area (TPSA) is 84.6 Å². The molecule has 6 nitrogen and oxygen atoms in total. The van der Waals surface area contributed by atoms with Crippen LogP contribution in [0.1, 0.15) is 19.8 Å². The van der Waals surface area contributed by atoms with E-state index in [-0.39, 0.29) is 23.4 Å². The molecule has 1 unspecified atom stereocenters. The van der Waals surface area contributed by atoms with Crippen molar-refractivity contribution in [3.8, 4) is 11.8 Å². The van der Waals surface area contributed by atoms with E-state index in [2.05, 4.69) is 4.98 Å². The molecule has 0 saturated heterocycles. The molecule has 0 radical (unpaired) electrons. The maximum absolute atomic E-state index is 11.7. The van der Waals surface area contributed by atoms with Crippen LogP contribution in [0.3, 0.4) is 0 Å². The Morgan fingerprint density at radius 1 is 1.32 bits per heavy atom. The molecule has 118 valence electrons. The number of carbonyl (C=O) groups excluding carboxylic acids is 1. The van der Waals surface area contributed by atoms with Gasteiger partial charge in [0.25, 0.3) is 0 Å². The van der Waals surface area contributed by atoms with Crippen molar-refractivity contribution in [2.45, 2.75) is 30.0 Å². The van der Waals surface area contributed by atoms with Crippen molar-refractivity contribution in [1.29, 1.82) is 0 Å². The van der Waals surface area contributed by atoms with Gasteiger partial charge in [0.05, 0.1) is 0 Å². The third-order valence-electron chi connectivity index (χ3n) is 2.68. The van der Waals surface area contributed by atoms with E-state index in [0.29, 0.717) is 11.2 Å². The van der Waals surface area contributed by atoms with Gasteiger partial charge in [0, 0.05) is 30.0 Å². The van der Waals surface area contributed by atoms with E-state index in [9.17, 15) is 15.0 Å². The molecule has 2 heterocycles. The van der Waals surface area contributed by atoms with Crippen LogP contribution < -0.4 is 4.84 Å². The van der Waals surface area contributed by atoms with Crippen LogP contribution >= 0.6 is 21.6 Å². The average molecular weight is 340 g/mol. The maximum atomic E-state index is 11.7. The lowest BCUT2D eigenvalue weighted by atomic mass is 10.2. The van der Waals surface area contributed by atoms with E-state index in [1.54, 1.807) is 27.8 Å². The molecule has 0 aliphatic rings. The molecule has 0 spiro atoms. The summed E-state index contributed by atoms with van der Waals surface area (Å²) in [5, 5.41) is 19.9. The van der Waals surface area contributed by atoms with Gasteiger partial charge in [0.2, 0.25) is 11.8 Å². The third kappa shape index (κ3) is 4.88. The summed E-state index contributed by atoms with van der Waals surface area (Å²) in [7, 11) is 3.19. The Balaban J connectivity index is 1.72. The number of aromatic nitrogens is 2. The summed E-state index contributed by atoms with van der Waals surface area (Å²) in [6.45, 7) is 2.01. The van der Waals surface area contributed by atoms with Gasteiger partial charge in [-0.3, -0.25) is 0 Å². The van der Waals surface area contributed by atoms with Crippen LogP contribution in [-0.4, -0.2) is 31.1 Å². The average Bonchev–Trinajstić information content (AvgIpc) is 2.84. The van der Waals surface area contributed by atoms with Gasteiger partial charge in [-0.25, -0.2) is 9.78 Å². The zero-order valence-electron chi connectivity index (χ0n) is 11.9. The van der Waals surface area contributed by atoms with E-state index >= 15 is 0 Å². The van der Waals surface area contributed by atoms with Crippen LogP contribution in [-0.2, 0) is 4.79 Å². The SMILES string of the molecule is CC(CCC(=O)On1c(O)ccc1O)SSc1ccccn1. The Morgan fingerprint density at radius 3 is 2.68 bits per heavy atom. The molecule has 0 bridgehead atoms. The highest BCUT2D eigenvalue weighted by molar-refractivity contribution is 8.76. The summed E-state index contributed by atoms with van der Waals surface area (Å²) in [4.78, 5) is 20.8. The smallest absolute Gasteiger partial charge is 0.333 e. The molecule has 0 aliphatic heterocycles. The molecule has 0 saturated carbocycles. The van der Waals surface area contributed by atoms with E-state index in [4.69, 9.17) is 4.84 Å². The molecule has 2 rings (SSSR count). The zero-order valence-corrected chi connectivity index (χ0v) is 13.5. The number of nitrogens with zero attached hydrogens (tertiary/aromatic N) is 2. The van der Waals surface area contributed by atoms with Crippen LogP contribution in [0.4, 0.5) is 0 Å². The highest BCUT2D eigenvalue weighted by Crippen LogP contribution is 2.34. The van der Waals surface area contributed by atoms with E-state index in [0.717, 1.165) is 5.03 Å². The standard InChI is InChI=1S/C14H16N2O4S2/c1-10(21-22-11-4-2-3-9-15-11)5-8-14(19)20-16-12(17)6-7-13(16)18/h2-4,6-7,9-10,17-18H,5,8H2,1H3. The van der Waals surface area contributed by atoms with Gasteiger partial charge in [-0.15, -0.1) is 4.73 Å². The molecule has 0 aromatic carbocycles. The summed E-state index contributed by atoms with van der Waals surface area (Å²) in [6.07, 6.45) is 2.54. The van der Waals surface area contributed by atoms with Crippen molar-refractivity contribution in [3.05, 3.63) is 36.5 Å². The Bertz CT molecular complexity index is 599. The van der Waals surface area contributed by atoms with Gasteiger partial charge in [-0.2, -0.15) is 0 Å². The molecular formula is C14H16N2O4S2. The predicted octanol–water partition coefficient (Wildman–Crippen LogP) is 2.86. The van der Waals surface area contributed by atoms with Gasteiger partial charge in [-0.05, 0) is 29.3 Å². The number of carbonyl (C=O) groups is 1. The van der Waals surface area contributed by atoms with E-state index in [1.807, 2.05) is 25.1 Å². The van der Waals surface area contributed by atoms with Crippen LogP contribution in [0.2, 0.25) is 0 Å². The first-order chi connectivity index (χ1) is 10.6. The first-order valence-corrected chi connectivity index (χ1v) is 8.83. The highest BCUT2D eigenvalue weighted by atomic mass is 33.1. The molecule has 2 aromatic rings. The van der Waals surface area contributed by atoms with E-state index in [1.165, 1.54) is 12.1 Å². The molecule has 1 atom stereocenters. The second kappa shape index (κ2) is 8.00. The summed E-state index contributed by atoms with van der Waals surface area (Å²) in [5.41, 5.74) is 0. The fourth-order valence-corrected chi connectivity index (χ4v) is 3.63. The summed E-state index contributed by atoms with van der Waals surface area (Å²) >= 11 is 0. The van der Waals surface area contributed by atoms with Gasteiger partial charge in [0.1, 0.15) is 5.03 Å². The van der Waals surface area contributed by atoms with Crippen molar-refractivity contribution in [3.63, 3.8) is 0 Å². The molecule has 0 aliphatic carbocycles. The van der Waals surface area contributed by atoms with Gasteiger partial charge < -0.3 is 15.1 Å². The maximum Gasteiger partial charge on any atom is 0.333 e. The Hall–Kier alpha value is -1.80. The summed E-state index contributed by atoms with van der Waals surface area (Å²) < 4.78 is 0.697. The molecule has 8 heteroatoms. The zero-order chi connectivity index (χ0) is 15.9. The van der Waals surface area contributed by atoms with E-state index < -0.39 is 5.97 Å². The number of aromatic hydroxyl groups is 2. The third-order valence-corrected chi connectivity index (χ3v) is 5.54. The van der Waals surface area contributed by atoms with Crippen molar-refractivity contribution in [2.75, 3.05) is 0 Å². The second-order valence-electron chi connectivity index (χ2n) is 4.50. The van der Waals surface area contributed by atoms with Crippen LogP contribution in [0.15, 0.2) is 41.6 Å². The number of pyridine rings is 1. The molecule has 2 N–H and O–H groups in total. The Labute approximate surface area is 135 Å². The fourth-order valence-electron chi connectivity index (χ4n) is 1.54. The lowest BCUT2D eigenvalue weighted by molar-refractivity contribution is -0.145. The Kier molecular flexibility index (Phi) is 6.02. The molecule has 2 aromatic heterocycles. The van der Waals surface area contributed by atoms with Gasteiger partial charge >= 0.3 is 5.97 Å². The van der Waals surface area contributed by atoms with Crippen molar-refractivity contribution in [1.82, 2.24) is 9.71 Å². The molecule has 0 fully saturated rings. The van der Waals surface area contributed by atoms with Crippen LogP contribution in [0, 0.1) is 0 Å². The Morgan fingerprint density at radius 2 is 2.05 bits per heavy atom. The monoisotopic (exact) mass is 340 g/mol. The summed E-state index contributed by atoms with van der Waals surface area (Å²) in [6, 6.07) is 8.19. The van der Waals surface area contributed by atoms with Crippen molar-refractivity contribution < 1.29 is 19.8 Å². The van der Waals surface area contributed by atoms with Crippen molar-refractivity contribution >= 4 is 27.6 Å². The minimum Gasteiger partial charge on any atom is -0.492 e. The first kappa shape index (κ1) is 16.6. The quantitative estimate of drug-likeness (QED) is 0.750. The number of hydrogen-bond donors (Lipinski definition) is 2. The lowest BCUT2D eigenvalue weighted by Gasteiger charge is -2.10. The van der Waals surface area contributed by atoms with Crippen LogP contribution in [0.5, 0.6) is 11.8 Å². The minimum atomic E-state index is -0.517. The fraction of sp³-hybridized carbons (Fsp3) is 0.286. The first-order valence-electron chi connectivity index (χ1n) is 6.61. The van der Waals surface area contributed by atoms with Crippen LogP contribution in [0.25, 0.3) is 0 Å². The van der Waals surface area contributed by atoms with Gasteiger partial charge in [0.15, 0.2) is 0 Å². The van der Waals surface area contributed by atoms with Gasteiger partial charge in [-0.1, -0.05) is 23.8 Å². The molecule has 0 amide bonds. The lowest BCUT2D eigenvalue weighted by Crippen LogP contribution is -2.19. The summed E-state index contributed by atoms with van der Waals surface area (Å²) in [5.74, 6) is -1.16. The second-order valence-corrected chi connectivity index (χ2v) is 7.16. The largest absolute Gasteiger partial charge is 0.492 e. The van der Waals surface area contributed by atoms with Crippen molar-refractivity contribution in [2.24, 2.45) is 0 Å². The normalized spacial score (nSPS) is 12.0. The molecule has 22 heavy (non-hydrogen) atoms. The molecular weight excluding hydrogens is 324 g/mol. The number of hydrogen-bond acceptors (Lipinski definition) is 7.